The van der Waals surface area contributed by atoms with E-state index in [0.29, 0.717) is 0 Å². The van der Waals surface area contributed by atoms with E-state index in [4.69, 9.17) is 5.73 Å². The molecule has 0 bridgehead atoms. The maximum atomic E-state index is 5.88. The number of aryl methyl sites for hydroxylation is 1. The zero-order valence-corrected chi connectivity index (χ0v) is 11.1. The summed E-state index contributed by atoms with van der Waals surface area (Å²) >= 11 is 5.08. The van der Waals surface area contributed by atoms with Gasteiger partial charge in [-0.1, -0.05) is 21.1 Å². The van der Waals surface area contributed by atoms with E-state index in [1.165, 1.54) is 0 Å². The third-order valence-corrected chi connectivity index (χ3v) is 3.60. The Labute approximate surface area is 106 Å². The van der Waals surface area contributed by atoms with E-state index in [0.717, 1.165) is 26.5 Å². The summed E-state index contributed by atoms with van der Waals surface area (Å²) in [5, 5.41) is 7.90. The first-order chi connectivity index (χ1) is 7.65. The van der Waals surface area contributed by atoms with Crippen molar-refractivity contribution in [3.05, 3.63) is 34.6 Å². The first-order valence-electron chi connectivity index (χ1n) is 4.68. The zero-order valence-electron chi connectivity index (χ0n) is 8.72. The monoisotopic (exact) mass is 298 g/mol. The van der Waals surface area contributed by atoms with Gasteiger partial charge in [0.15, 0.2) is 0 Å². The fraction of sp³-hybridized carbons (Fsp3) is 0.200. The third kappa shape index (κ3) is 2.76. The van der Waals surface area contributed by atoms with Crippen LogP contribution in [0.4, 0.5) is 5.69 Å². The van der Waals surface area contributed by atoms with E-state index in [-0.39, 0.29) is 0 Å². The molecule has 0 unspecified atom stereocenters. The summed E-state index contributed by atoms with van der Waals surface area (Å²) in [6.07, 6.45) is 1.90. The minimum absolute atomic E-state index is 0.772. The standard InChI is InChI=1S/C10H11BrN4S/c1-15-5-8(13-14-15)6-16-10-4-7(11)2-3-9(10)12/h2-5H,6,12H2,1H3. The van der Waals surface area contributed by atoms with Crippen molar-refractivity contribution < 1.29 is 0 Å². The van der Waals surface area contributed by atoms with Gasteiger partial charge in [0.05, 0.1) is 5.69 Å². The van der Waals surface area contributed by atoms with Gasteiger partial charge in [0, 0.05) is 34.1 Å². The molecule has 6 heteroatoms. The number of rotatable bonds is 3. The number of hydrogen-bond acceptors (Lipinski definition) is 4. The quantitative estimate of drug-likeness (QED) is 0.698. The number of nitrogen functional groups attached to an aromatic ring is 1. The molecular formula is C10H11BrN4S. The van der Waals surface area contributed by atoms with E-state index in [1.807, 2.05) is 31.4 Å². The van der Waals surface area contributed by atoms with Crippen LogP contribution in [0.5, 0.6) is 0 Å². The van der Waals surface area contributed by atoms with Crippen LogP contribution in [-0.2, 0) is 12.8 Å². The van der Waals surface area contributed by atoms with Gasteiger partial charge in [0.1, 0.15) is 0 Å². The highest BCUT2D eigenvalue weighted by Crippen LogP contribution is 2.30. The van der Waals surface area contributed by atoms with Gasteiger partial charge in [-0.25, -0.2) is 0 Å². The molecule has 0 saturated carbocycles. The lowest BCUT2D eigenvalue weighted by atomic mass is 10.3. The number of anilines is 1. The van der Waals surface area contributed by atoms with Crippen molar-refractivity contribution in [2.45, 2.75) is 10.6 Å². The Hall–Kier alpha value is -1.01. The normalized spacial score (nSPS) is 10.6. The predicted molar refractivity (Wildman–Crippen MR) is 69.1 cm³/mol. The van der Waals surface area contributed by atoms with Crippen LogP contribution >= 0.6 is 27.7 Å². The summed E-state index contributed by atoms with van der Waals surface area (Å²) in [7, 11) is 1.86. The smallest absolute Gasteiger partial charge is 0.0929 e. The molecule has 4 nitrogen and oxygen atoms in total. The van der Waals surface area contributed by atoms with Crippen molar-refractivity contribution in [1.29, 1.82) is 0 Å². The van der Waals surface area contributed by atoms with Gasteiger partial charge in [-0.05, 0) is 18.2 Å². The number of halogens is 1. The minimum Gasteiger partial charge on any atom is -0.398 e. The Morgan fingerprint density at radius 3 is 3.00 bits per heavy atom. The summed E-state index contributed by atoms with van der Waals surface area (Å²) in [4.78, 5) is 1.06. The molecule has 1 aromatic heterocycles. The number of hydrogen-bond donors (Lipinski definition) is 1. The second kappa shape index (κ2) is 4.88. The molecule has 0 radical (unpaired) electrons. The molecule has 0 aliphatic heterocycles. The maximum Gasteiger partial charge on any atom is 0.0929 e. The Morgan fingerprint density at radius 2 is 2.31 bits per heavy atom. The van der Waals surface area contributed by atoms with Crippen molar-refractivity contribution in [2.75, 3.05) is 5.73 Å². The molecule has 2 aromatic rings. The summed E-state index contributed by atoms with van der Waals surface area (Å²) in [5.41, 5.74) is 7.62. The van der Waals surface area contributed by atoms with Crippen LogP contribution in [0.2, 0.25) is 0 Å². The molecule has 84 valence electrons. The van der Waals surface area contributed by atoms with Crippen molar-refractivity contribution in [1.82, 2.24) is 15.0 Å². The second-order valence-corrected chi connectivity index (χ2v) is 5.29. The lowest BCUT2D eigenvalue weighted by molar-refractivity contribution is 0.714. The number of thioether (sulfide) groups is 1. The SMILES string of the molecule is Cn1cc(CSc2cc(Br)ccc2N)nn1. The number of nitrogens with zero attached hydrogens (tertiary/aromatic N) is 3. The van der Waals surface area contributed by atoms with Crippen molar-refractivity contribution >= 4 is 33.4 Å². The summed E-state index contributed by atoms with van der Waals surface area (Å²) in [6.45, 7) is 0. The Kier molecular flexibility index (Phi) is 3.50. The largest absolute Gasteiger partial charge is 0.398 e. The number of aromatic nitrogens is 3. The molecule has 0 atom stereocenters. The average molecular weight is 299 g/mol. The van der Waals surface area contributed by atoms with Crippen LogP contribution in [0.1, 0.15) is 5.69 Å². The lowest BCUT2D eigenvalue weighted by Crippen LogP contribution is -1.89. The van der Waals surface area contributed by atoms with Gasteiger partial charge in [0.25, 0.3) is 0 Å². The molecule has 1 aromatic carbocycles. The van der Waals surface area contributed by atoms with Crippen LogP contribution in [-0.4, -0.2) is 15.0 Å². The molecule has 0 saturated heterocycles. The Bertz CT molecular complexity index is 497. The van der Waals surface area contributed by atoms with Crippen LogP contribution < -0.4 is 5.73 Å². The van der Waals surface area contributed by atoms with Crippen molar-refractivity contribution in [3.8, 4) is 0 Å². The number of benzene rings is 1. The van der Waals surface area contributed by atoms with Gasteiger partial charge in [0.2, 0.25) is 0 Å². The van der Waals surface area contributed by atoms with E-state index in [9.17, 15) is 0 Å². The Morgan fingerprint density at radius 1 is 1.50 bits per heavy atom. The summed E-state index contributed by atoms with van der Waals surface area (Å²) in [6, 6.07) is 5.83. The van der Waals surface area contributed by atoms with Crippen molar-refractivity contribution in [3.63, 3.8) is 0 Å². The highest BCUT2D eigenvalue weighted by atomic mass is 79.9. The molecule has 1 heterocycles. The molecule has 2 N–H and O–H groups in total. The fourth-order valence-electron chi connectivity index (χ4n) is 1.25. The fourth-order valence-corrected chi connectivity index (χ4v) is 2.64. The highest BCUT2D eigenvalue weighted by molar-refractivity contribution is 9.10. The van der Waals surface area contributed by atoms with Gasteiger partial charge in [-0.2, -0.15) is 0 Å². The maximum absolute atomic E-state index is 5.88. The lowest BCUT2D eigenvalue weighted by Gasteiger charge is -2.04. The molecule has 16 heavy (non-hydrogen) atoms. The average Bonchev–Trinajstić information content (AvgIpc) is 2.66. The van der Waals surface area contributed by atoms with Crippen LogP contribution in [0.15, 0.2) is 33.8 Å². The number of nitrogens with two attached hydrogens (primary N) is 1. The molecule has 0 aliphatic rings. The molecule has 2 rings (SSSR count). The van der Waals surface area contributed by atoms with Gasteiger partial charge in [-0.15, -0.1) is 16.9 Å². The third-order valence-electron chi connectivity index (χ3n) is 2.00. The first kappa shape index (κ1) is 11.5. The van der Waals surface area contributed by atoms with E-state index in [1.54, 1.807) is 16.4 Å². The summed E-state index contributed by atoms with van der Waals surface area (Å²) < 4.78 is 2.73. The van der Waals surface area contributed by atoms with E-state index in [2.05, 4.69) is 26.2 Å². The topological polar surface area (TPSA) is 56.7 Å². The van der Waals surface area contributed by atoms with Crippen LogP contribution in [0.25, 0.3) is 0 Å². The van der Waals surface area contributed by atoms with Crippen molar-refractivity contribution in [2.24, 2.45) is 7.05 Å². The highest BCUT2D eigenvalue weighted by Gasteiger charge is 2.04. The minimum atomic E-state index is 0.772. The van der Waals surface area contributed by atoms with Crippen LogP contribution in [0, 0.1) is 0 Å². The molecule has 0 spiro atoms. The second-order valence-electron chi connectivity index (χ2n) is 3.35. The molecule has 0 amide bonds. The van der Waals surface area contributed by atoms with E-state index >= 15 is 0 Å². The van der Waals surface area contributed by atoms with Gasteiger partial charge < -0.3 is 5.73 Å². The molecule has 0 aliphatic carbocycles. The molecule has 0 fully saturated rings. The van der Waals surface area contributed by atoms with Crippen LogP contribution in [0.3, 0.4) is 0 Å². The Balaban J connectivity index is 2.07. The summed E-state index contributed by atoms with van der Waals surface area (Å²) in [5.74, 6) is 0.772. The van der Waals surface area contributed by atoms with E-state index < -0.39 is 0 Å². The first-order valence-corrected chi connectivity index (χ1v) is 6.46. The predicted octanol–water partition coefficient (Wildman–Crippen LogP) is 2.45. The molecular weight excluding hydrogens is 288 g/mol. The zero-order chi connectivity index (χ0) is 11.5. The van der Waals surface area contributed by atoms with Gasteiger partial charge >= 0.3 is 0 Å². The van der Waals surface area contributed by atoms with Gasteiger partial charge in [-0.3, -0.25) is 4.68 Å².